The van der Waals surface area contributed by atoms with Crippen molar-refractivity contribution in [2.75, 3.05) is 13.1 Å². The highest BCUT2D eigenvalue weighted by Gasteiger charge is 2.25. The van der Waals surface area contributed by atoms with E-state index >= 15 is 0 Å². The summed E-state index contributed by atoms with van der Waals surface area (Å²) >= 11 is 3.34. The molecule has 0 aromatic heterocycles. The summed E-state index contributed by atoms with van der Waals surface area (Å²) in [5.74, 6) is 0.687. The van der Waals surface area contributed by atoms with E-state index < -0.39 is 0 Å². The van der Waals surface area contributed by atoms with Gasteiger partial charge in [0.25, 0.3) is 5.91 Å². The molecule has 1 aromatic rings. The average molecular weight is 461 g/mol. The van der Waals surface area contributed by atoms with Gasteiger partial charge in [0, 0.05) is 36.4 Å². The van der Waals surface area contributed by atoms with Crippen LogP contribution in [0.2, 0.25) is 0 Å². The maximum atomic E-state index is 12.3. The van der Waals surface area contributed by atoms with Gasteiger partial charge in [-0.2, -0.15) is 0 Å². The van der Waals surface area contributed by atoms with E-state index in [0.29, 0.717) is 24.4 Å². The van der Waals surface area contributed by atoms with Gasteiger partial charge in [0.15, 0.2) is 5.12 Å². The monoisotopic (exact) mass is 461 g/mol. The molecule has 0 aliphatic heterocycles. The number of amides is 1. The van der Waals surface area contributed by atoms with Gasteiger partial charge in [-0.3, -0.25) is 12.7 Å². The van der Waals surface area contributed by atoms with Crippen LogP contribution in [0.25, 0.3) is 0 Å². The molecule has 5 nitrogen and oxygen atoms in total. The van der Waals surface area contributed by atoms with E-state index in [9.17, 15) is 9.59 Å². The highest BCUT2D eigenvalue weighted by molar-refractivity contribution is 14.1. The molecule has 1 amide bonds. The molecule has 0 bridgehead atoms. The number of nitrogens with zero attached hydrogens (tertiary/aromatic N) is 1. The van der Waals surface area contributed by atoms with Crippen molar-refractivity contribution in [3.63, 3.8) is 0 Å². The molecule has 0 saturated heterocycles. The van der Waals surface area contributed by atoms with Crippen molar-refractivity contribution in [3.05, 3.63) is 35.4 Å². The lowest BCUT2D eigenvalue weighted by Gasteiger charge is -2.25. The lowest BCUT2D eigenvalue weighted by molar-refractivity contribution is -0.115. The second kappa shape index (κ2) is 9.74. The van der Waals surface area contributed by atoms with Crippen molar-refractivity contribution in [2.24, 2.45) is 17.4 Å². The molecule has 0 spiro atoms. The van der Waals surface area contributed by atoms with Gasteiger partial charge in [-0.05, 0) is 37.0 Å². The summed E-state index contributed by atoms with van der Waals surface area (Å²) in [4.78, 5) is 24.4. The third kappa shape index (κ3) is 5.72. The van der Waals surface area contributed by atoms with E-state index in [0.717, 1.165) is 31.2 Å². The number of hydrogen-bond donors (Lipinski definition) is 2. The predicted molar refractivity (Wildman–Crippen MR) is 107 cm³/mol. The topological polar surface area (TPSA) is 89.4 Å². The van der Waals surface area contributed by atoms with Crippen LogP contribution < -0.4 is 11.5 Å². The summed E-state index contributed by atoms with van der Waals surface area (Å²) < 4.78 is 1.58. The van der Waals surface area contributed by atoms with Gasteiger partial charge in [0.1, 0.15) is 0 Å². The molecule has 0 heterocycles. The van der Waals surface area contributed by atoms with Gasteiger partial charge >= 0.3 is 0 Å². The largest absolute Gasteiger partial charge is 0.329 e. The first-order valence-electron chi connectivity index (χ1n) is 8.20. The third-order valence-corrected chi connectivity index (χ3v) is 6.19. The zero-order chi connectivity index (χ0) is 17.5. The molecule has 24 heavy (non-hydrogen) atoms. The number of halogens is 1. The molecule has 132 valence electrons. The maximum absolute atomic E-state index is 12.3. The molecular formula is C17H24IN3O2S. The Hall–Kier alpha value is -0.640. The summed E-state index contributed by atoms with van der Waals surface area (Å²) in [7, 11) is 0. The van der Waals surface area contributed by atoms with E-state index in [1.54, 1.807) is 15.2 Å². The highest BCUT2D eigenvalue weighted by Crippen LogP contribution is 2.29. The molecule has 1 aromatic carbocycles. The van der Waals surface area contributed by atoms with Crippen molar-refractivity contribution in [3.8, 4) is 0 Å². The van der Waals surface area contributed by atoms with E-state index in [2.05, 4.69) is 0 Å². The number of benzene rings is 1. The Morgan fingerprint density at radius 2 is 1.96 bits per heavy atom. The molecule has 2 rings (SSSR count). The van der Waals surface area contributed by atoms with E-state index in [1.807, 2.05) is 35.0 Å². The van der Waals surface area contributed by atoms with E-state index in [4.69, 9.17) is 11.5 Å². The second-order valence-electron chi connectivity index (χ2n) is 6.11. The minimum atomic E-state index is -0.0486. The molecule has 2 atom stereocenters. The second-order valence-corrected chi connectivity index (χ2v) is 8.25. The average Bonchev–Trinajstić information content (AvgIpc) is 2.59. The SMILES string of the molecule is NCCN(I)C(=O)c1ccc(CSC(=O)[C@H]2CCC[C@@H](N)C2)cc1. The van der Waals surface area contributed by atoms with Gasteiger partial charge in [-0.25, -0.2) is 0 Å². The lowest BCUT2D eigenvalue weighted by Crippen LogP contribution is -2.30. The zero-order valence-electron chi connectivity index (χ0n) is 13.6. The van der Waals surface area contributed by atoms with Crippen LogP contribution in [0, 0.1) is 5.92 Å². The molecule has 1 aliphatic rings. The van der Waals surface area contributed by atoms with Gasteiger partial charge < -0.3 is 11.5 Å². The molecule has 1 saturated carbocycles. The number of carbonyl (C=O) groups excluding carboxylic acids is 2. The quantitative estimate of drug-likeness (QED) is 0.503. The van der Waals surface area contributed by atoms with E-state index in [1.165, 1.54) is 11.8 Å². The molecule has 7 heteroatoms. The Labute approximate surface area is 161 Å². The van der Waals surface area contributed by atoms with Gasteiger partial charge in [0.2, 0.25) is 0 Å². The normalized spacial score (nSPS) is 20.6. The van der Waals surface area contributed by atoms with Crippen LogP contribution in [0.4, 0.5) is 0 Å². The highest BCUT2D eigenvalue weighted by atomic mass is 127. The Bertz CT molecular complexity index is 567. The van der Waals surface area contributed by atoms with Crippen molar-refractivity contribution < 1.29 is 9.59 Å². The van der Waals surface area contributed by atoms with Crippen LogP contribution in [0.3, 0.4) is 0 Å². The number of nitrogens with two attached hydrogens (primary N) is 2. The van der Waals surface area contributed by atoms with Gasteiger partial charge in [-0.1, -0.05) is 30.3 Å². The predicted octanol–water partition coefficient (Wildman–Crippen LogP) is 2.71. The lowest BCUT2D eigenvalue weighted by atomic mass is 9.87. The number of rotatable bonds is 6. The summed E-state index contributed by atoms with van der Waals surface area (Å²) in [5, 5.41) is 0.242. The van der Waals surface area contributed by atoms with Crippen LogP contribution >= 0.6 is 34.6 Å². The Kier molecular flexibility index (Phi) is 7.99. The fourth-order valence-corrected chi connectivity index (χ4v) is 4.32. The van der Waals surface area contributed by atoms with Crippen LogP contribution in [-0.2, 0) is 10.5 Å². The van der Waals surface area contributed by atoms with Gasteiger partial charge in [-0.15, -0.1) is 0 Å². The minimum Gasteiger partial charge on any atom is -0.329 e. The molecule has 1 fully saturated rings. The Morgan fingerprint density at radius 3 is 2.58 bits per heavy atom. The molecular weight excluding hydrogens is 437 g/mol. The smallest absolute Gasteiger partial charge is 0.262 e. The van der Waals surface area contributed by atoms with Crippen molar-refractivity contribution >= 4 is 45.6 Å². The van der Waals surface area contributed by atoms with Crippen LogP contribution in [0.1, 0.15) is 41.6 Å². The van der Waals surface area contributed by atoms with Crippen molar-refractivity contribution in [2.45, 2.75) is 37.5 Å². The summed E-state index contributed by atoms with van der Waals surface area (Å²) in [6, 6.07) is 7.60. The standard InChI is InChI=1S/C17H24IN3O2S/c18-21(9-8-19)16(22)13-6-4-12(5-7-13)11-24-17(23)14-2-1-3-15(20)10-14/h4-7,14-15H,1-3,8-11,19-20H2/t14-,15+/m0/s1. The zero-order valence-corrected chi connectivity index (χ0v) is 16.6. The maximum Gasteiger partial charge on any atom is 0.262 e. The minimum absolute atomic E-state index is 0.0486. The van der Waals surface area contributed by atoms with Crippen LogP contribution in [0.15, 0.2) is 24.3 Å². The van der Waals surface area contributed by atoms with Crippen LogP contribution in [0.5, 0.6) is 0 Å². The fraction of sp³-hybridized carbons (Fsp3) is 0.529. The summed E-state index contributed by atoms with van der Waals surface area (Å²) in [6.07, 6.45) is 3.85. The fourth-order valence-electron chi connectivity index (χ4n) is 2.81. The molecule has 0 unspecified atom stereocenters. The summed E-state index contributed by atoms with van der Waals surface area (Å²) in [6.45, 7) is 0.964. The third-order valence-electron chi connectivity index (χ3n) is 4.18. The number of thioether (sulfide) groups is 1. The Morgan fingerprint density at radius 1 is 1.25 bits per heavy atom. The van der Waals surface area contributed by atoms with E-state index in [-0.39, 0.29) is 23.0 Å². The van der Waals surface area contributed by atoms with Gasteiger partial charge in [0.05, 0.1) is 22.9 Å². The molecule has 1 aliphatic carbocycles. The first-order valence-corrected chi connectivity index (χ1v) is 10.1. The van der Waals surface area contributed by atoms with Crippen molar-refractivity contribution in [1.29, 1.82) is 0 Å². The number of hydrogen-bond acceptors (Lipinski definition) is 5. The van der Waals surface area contributed by atoms with Crippen molar-refractivity contribution in [1.82, 2.24) is 3.11 Å². The van der Waals surface area contributed by atoms with Crippen LogP contribution in [-0.4, -0.2) is 33.3 Å². The Balaban J connectivity index is 1.85. The first-order chi connectivity index (χ1) is 11.5. The summed E-state index contributed by atoms with van der Waals surface area (Å²) in [5.41, 5.74) is 13.1. The molecule has 0 radical (unpaired) electrons. The first kappa shape index (κ1) is 19.7. The number of carbonyl (C=O) groups is 2. The molecule has 4 N–H and O–H groups in total.